The third kappa shape index (κ3) is 4.62. The number of aryl methyl sites for hydroxylation is 1. The van der Waals surface area contributed by atoms with E-state index in [1.165, 1.54) is 17.7 Å². The number of hydrogen-bond acceptors (Lipinski definition) is 5. The van der Waals surface area contributed by atoms with Crippen molar-refractivity contribution >= 4 is 23.0 Å². The first-order valence-corrected chi connectivity index (χ1v) is 12.6. The van der Waals surface area contributed by atoms with Crippen LogP contribution in [0.2, 0.25) is 0 Å². The van der Waals surface area contributed by atoms with Crippen LogP contribution < -0.4 is 16.1 Å². The Morgan fingerprint density at radius 3 is 2.29 bits per heavy atom. The second kappa shape index (κ2) is 9.59. The number of halogens is 1. The van der Waals surface area contributed by atoms with Crippen LogP contribution in [-0.2, 0) is 19.0 Å². The summed E-state index contributed by atoms with van der Waals surface area (Å²) >= 11 is 0. The fraction of sp³-hybridized carbons (Fsp3) is 0.357. The molecule has 2 aromatic carbocycles. The van der Waals surface area contributed by atoms with Crippen molar-refractivity contribution in [2.45, 2.75) is 32.7 Å². The average molecular weight is 519 g/mol. The van der Waals surface area contributed by atoms with E-state index in [1.807, 2.05) is 29.2 Å². The molecule has 5 rings (SSSR count). The monoisotopic (exact) mass is 518 g/mol. The maximum atomic E-state index is 14.6. The maximum Gasteiger partial charge on any atom is 0.329 e. The number of benzene rings is 2. The lowest BCUT2D eigenvalue weighted by atomic mass is 9.86. The van der Waals surface area contributed by atoms with Gasteiger partial charge in [-0.15, -0.1) is 0 Å². The Labute approximate surface area is 219 Å². The number of anilines is 1. The molecule has 1 fully saturated rings. The number of nitrogens with zero attached hydrogens (tertiary/aromatic N) is 5. The molecule has 0 aliphatic carbocycles. The Bertz CT molecular complexity index is 1620. The van der Waals surface area contributed by atoms with Crippen LogP contribution in [0.3, 0.4) is 0 Å². The van der Waals surface area contributed by atoms with Gasteiger partial charge in [-0.1, -0.05) is 51.1 Å². The fourth-order valence-electron chi connectivity index (χ4n) is 4.82. The van der Waals surface area contributed by atoms with Gasteiger partial charge < -0.3 is 9.80 Å². The number of hydrogen-bond donors (Lipinski definition) is 1. The molecule has 0 radical (unpaired) electrons. The molecule has 0 saturated carbocycles. The van der Waals surface area contributed by atoms with Crippen molar-refractivity contribution in [2.75, 3.05) is 31.1 Å². The molecular formula is C28H31FN6O3. The van der Waals surface area contributed by atoms with Gasteiger partial charge in [0.25, 0.3) is 11.5 Å². The third-order valence-electron chi connectivity index (χ3n) is 7.12. The molecule has 4 aromatic rings. The second-order valence-corrected chi connectivity index (χ2v) is 10.7. The lowest BCUT2D eigenvalue weighted by molar-refractivity contribution is 0.0746. The summed E-state index contributed by atoms with van der Waals surface area (Å²) in [5.41, 5.74) is 1.48. The number of aromatic amines is 1. The lowest BCUT2D eigenvalue weighted by Gasteiger charge is -2.35. The predicted molar refractivity (Wildman–Crippen MR) is 144 cm³/mol. The minimum absolute atomic E-state index is 0.00648. The van der Waals surface area contributed by atoms with Gasteiger partial charge in [-0.2, -0.15) is 4.98 Å². The highest BCUT2D eigenvalue weighted by Gasteiger charge is 2.28. The van der Waals surface area contributed by atoms with Crippen LogP contribution >= 0.6 is 0 Å². The Balaban J connectivity index is 1.43. The first-order valence-electron chi connectivity index (χ1n) is 12.6. The fourth-order valence-corrected chi connectivity index (χ4v) is 4.82. The summed E-state index contributed by atoms with van der Waals surface area (Å²) in [5, 5.41) is 0. The smallest absolute Gasteiger partial charge is 0.329 e. The molecule has 198 valence electrons. The standard InChI is InChI=1S/C28H31FN6O3/c1-28(2,3)20-11-9-18(10-12-20)25(37)33-13-15-34(16-14-33)26-30-23-22(24(36)31-27(38)32(23)4)35(26)17-19-7-5-6-8-21(19)29/h5-12H,13-17H2,1-4H3,(H,31,36,38). The van der Waals surface area contributed by atoms with Crippen molar-refractivity contribution in [3.63, 3.8) is 0 Å². The van der Waals surface area contributed by atoms with E-state index in [0.717, 1.165) is 5.56 Å². The van der Waals surface area contributed by atoms with Crippen molar-refractivity contribution < 1.29 is 9.18 Å². The van der Waals surface area contributed by atoms with Crippen LogP contribution in [0.1, 0.15) is 42.3 Å². The highest BCUT2D eigenvalue weighted by molar-refractivity contribution is 5.94. The van der Waals surface area contributed by atoms with E-state index >= 15 is 0 Å². The van der Waals surface area contributed by atoms with Gasteiger partial charge in [0.15, 0.2) is 11.2 Å². The van der Waals surface area contributed by atoms with E-state index in [-0.39, 0.29) is 29.0 Å². The number of imidazole rings is 1. The Morgan fingerprint density at radius 1 is 1.00 bits per heavy atom. The number of nitrogens with one attached hydrogen (secondary N) is 1. The van der Waals surface area contributed by atoms with Crippen molar-refractivity contribution in [1.82, 2.24) is 24.0 Å². The summed E-state index contributed by atoms with van der Waals surface area (Å²) in [4.78, 5) is 49.0. The van der Waals surface area contributed by atoms with Gasteiger partial charge in [0.2, 0.25) is 5.95 Å². The molecule has 0 bridgehead atoms. The number of amides is 1. The Morgan fingerprint density at radius 2 is 1.66 bits per heavy atom. The molecule has 1 amide bonds. The van der Waals surface area contributed by atoms with Crippen molar-refractivity contribution in [3.05, 3.63) is 91.9 Å². The van der Waals surface area contributed by atoms with E-state index in [0.29, 0.717) is 43.3 Å². The molecule has 0 unspecified atom stereocenters. The third-order valence-corrected chi connectivity index (χ3v) is 7.12. The lowest BCUT2D eigenvalue weighted by Crippen LogP contribution is -2.49. The molecule has 0 atom stereocenters. The largest absolute Gasteiger partial charge is 0.339 e. The summed E-state index contributed by atoms with van der Waals surface area (Å²) in [6.07, 6.45) is 0. The Hall–Kier alpha value is -4.21. The van der Waals surface area contributed by atoms with Crippen LogP contribution in [0.4, 0.5) is 10.3 Å². The molecule has 1 aliphatic heterocycles. The van der Waals surface area contributed by atoms with E-state index in [4.69, 9.17) is 0 Å². The average Bonchev–Trinajstić information content (AvgIpc) is 3.28. The van der Waals surface area contributed by atoms with Gasteiger partial charge in [0, 0.05) is 44.4 Å². The normalized spacial score (nSPS) is 14.3. The summed E-state index contributed by atoms with van der Waals surface area (Å²) in [6.45, 7) is 8.32. The van der Waals surface area contributed by atoms with Crippen LogP contribution in [-0.4, -0.2) is 56.1 Å². The van der Waals surface area contributed by atoms with Crippen molar-refractivity contribution in [2.24, 2.45) is 7.05 Å². The number of aromatic nitrogens is 4. The van der Waals surface area contributed by atoms with Crippen LogP contribution in [0.25, 0.3) is 11.2 Å². The summed E-state index contributed by atoms with van der Waals surface area (Å²) < 4.78 is 17.5. The topological polar surface area (TPSA) is 96.2 Å². The quantitative estimate of drug-likeness (QED) is 0.448. The highest BCUT2D eigenvalue weighted by atomic mass is 19.1. The van der Waals surface area contributed by atoms with Crippen molar-refractivity contribution in [3.8, 4) is 0 Å². The number of carbonyl (C=O) groups excluding carboxylic acids is 1. The molecular weight excluding hydrogens is 487 g/mol. The van der Waals surface area contributed by atoms with Crippen LogP contribution in [0, 0.1) is 5.82 Å². The zero-order valence-corrected chi connectivity index (χ0v) is 22.0. The molecule has 1 N–H and O–H groups in total. The number of H-pyrrole nitrogens is 1. The van der Waals surface area contributed by atoms with Gasteiger partial charge in [-0.3, -0.25) is 23.7 Å². The molecule has 10 heteroatoms. The zero-order valence-electron chi connectivity index (χ0n) is 22.0. The minimum Gasteiger partial charge on any atom is -0.339 e. The summed E-state index contributed by atoms with van der Waals surface area (Å²) in [7, 11) is 1.53. The second-order valence-electron chi connectivity index (χ2n) is 10.7. The van der Waals surface area contributed by atoms with E-state index < -0.39 is 17.1 Å². The number of carbonyl (C=O) groups is 1. The van der Waals surface area contributed by atoms with E-state index in [2.05, 4.69) is 30.7 Å². The summed E-state index contributed by atoms with van der Waals surface area (Å²) in [6, 6.07) is 14.1. The van der Waals surface area contributed by atoms with Crippen molar-refractivity contribution in [1.29, 1.82) is 0 Å². The first kappa shape index (κ1) is 25.4. The first-order chi connectivity index (χ1) is 18.0. The number of piperazine rings is 1. The molecule has 1 saturated heterocycles. The van der Waals surface area contributed by atoms with Gasteiger partial charge >= 0.3 is 5.69 Å². The molecule has 2 aromatic heterocycles. The van der Waals surface area contributed by atoms with E-state index in [9.17, 15) is 18.8 Å². The highest BCUT2D eigenvalue weighted by Crippen LogP contribution is 2.25. The summed E-state index contributed by atoms with van der Waals surface area (Å²) in [5.74, 6) is 0.0230. The zero-order chi connectivity index (χ0) is 27.2. The molecule has 3 heterocycles. The van der Waals surface area contributed by atoms with Crippen LogP contribution in [0.15, 0.2) is 58.1 Å². The molecule has 38 heavy (non-hydrogen) atoms. The predicted octanol–water partition coefficient (Wildman–Crippen LogP) is 2.87. The Kier molecular flexibility index (Phi) is 6.42. The molecule has 9 nitrogen and oxygen atoms in total. The maximum absolute atomic E-state index is 14.6. The van der Waals surface area contributed by atoms with Gasteiger partial charge in [0.05, 0.1) is 6.54 Å². The van der Waals surface area contributed by atoms with Gasteiger partial charge in [0.1, 0.15) is 5.82 Å². The van der Waals surface area contributed by atoms with Crippen LogP contribution in [0.5, 0.6) is 0 Å². The van der Waals surface area contributed by atoms with Gasteiger partial charge in [-0.05, 0) is 29.2 Å². The van der Waals surface area contributed by atoms with E-state index in [1.54, 1.807) is 27.7 Å². The number of rotatable bonds is 4. The minimum atomic E-state index is -0.578. The van der Waals surface area contributed by atoms with Gasteiger partial charge in [-0.25, -0.2) is 9.18 Å². The SMILES string of the molecule is Cn1c(=O)[nH]c(=O)c2c1nc(N1CCN(C(=O)c3ccc(C(C)(C)C)cc3)CC1)n2Cc1ccccc1F. The molecule has 1 aliphatic rings. The molecule has 0 spiro atoms. The number of fused-ring (bicyclic) bond motifs is 1.